The number of anilines is 1. The van der Waals surface area contributed by atoms with Gasteiger partial charge in [0.25, 0.3) is 5.56 Å². The van der Waals surface area contributed by atoms with Gasteiger partial charge in [-0.3, -0.25) is 9.59 Å². The molecule has 4 rings (SSSR count). The number of carbonyl (C=O) groups is 1. The Morgan fingerprint density at radius 2 is 1.77 bits per heavy atom. The summed E-state index contributed by atoms with van der Waals surface area (Å²) in [6.45, 7) is 5.68. The van der Waals surface area contributed by atoms with Crippen molar-refractivity contribution in [3.8, 4) is 11.6 Å². The van der Waals surface area contributed by atoms with Crippen LogP contribution in [0.2, 0.25) is 0 Å². The van der Waals surface area contributed by atoms with Crippen molar-refractivity contribution in [1.82, 2.24) is 14.8 Å². The Labute approximate surface area is 179 Å². The molecule has 7 heteroatoms. The Bertz CT molecular complexity index is 1330. The average Bonchev–Trinajstić information content (AvgIpc) is 2.76. The number of aromatic nitrogens is 3. The molecule has 2 aromatic carbocycles. The van der Waals surface area contributed by atoms with Gasteiger partial charge in [0.2, 0.25) is 11.8 Å². The van der Waals surface area contributed by atoms with Crippen LogP contribution >= 0.6 is 0 Å². The van der Waals surface area contributed by atoms with Gasteiger partial charge >= 0.3 is 0 Å². The lowest BCUT2D eigenvalue weighted by Crippen LogP contribution is -2.30. The minimum absolute atomic E-state index is 0.189. The van der Waals surface area contributed by atoms with Crippen molar-refractivity contribution in [2.75, 3.05) is 5.32 Å². The van der Waals surface area contributed by atoms with Crippen LogP contribution in [-0.4, -0.2) is 20.7 Å². The van der Waals surface area contributed by atoms with Gasteiger partial charge in [-0.15, -0.1) is 0 Å². The third kappa shape index (κ3) is 4.45. The molecule has 0 aliphatic carbocycles. The van der Waals surface area contributed by atoms with Gasteiger partial charge in [-0.2, -0.15) is 5.10 Å². The molecule has 1 amide bonds. The van der Waals surface area contributed by atoms with Crippen molar-refractivity contribution < 1.29 is 9.53 Å². The number of nitrogens with one attached hydrogen (secondary N) is 1. The lowest BCUT2D eigenvalue weighted by molar-refractivity contribution is -0.117. The van der Waals surface area contributed by atoms with E-state index in [2.05, 4.69) is 15.4 Å². The summed E-state index contributed by atoms with van der Waals surface area (Å²) < 4.78 is 6.94. The predicted octanol–water partition coefficient (Wildman–Crippen LogP) is 4.15. The van der Waals surface area contributed by atoms with E-state index in [0.29, 0.717) is 28.4 Å². The molecule has 0 fully saturated rings. The maximum absolute atomic E-state index is 12.6. The zero-order chi connectivity index (χ0) is 22.0. The second-order valence-corrected chi connectivity index (χ2v) is 7.38. The lowest BCUT2D eigenvalue weighted by atomic mass is 10.1. The summed E-state index contributed by atoms with van der Waals surface area (Å²) in [7, 11) is 0. The highest BCUT2D eigenvalue weighted by Crippen LogP contribution is 2.23. The van der Waals surface area contributed by atoms with Gasteiger partial charge in [-0.1, -0.05) is 24.3 Å². The van der Waals surface area contributed by atoms with Crippen molar-refractivity contribution in [3.05, 3.63) is 88.0 Å². The molecule has 0 radical (unpaired) electrons. The number of hydrogen-bond donors (Lipinski definition) is 1. The third-order valence-corrected chi connectivity index (χ3v) is 5.07. The fraction of sp³-hybridized carbons (Fsp3) is 0.167. The minimum atomic E-state index is -0.367. The molecular weight excluding hydrogens is 392 g/mol. The SMILES string of the molecule is Cc1ccc(Oc2ccc(NC(=O)Cn3nc(C)c4ccccc4c3=O)cn2)cc1C. The second-order valence-electron chi connectivity index (χ2n) is 7.38. The fourth-order valence-corrected chi connectivity index (χ4v) is 3.26. The molecule has 2 heterocycles. The number of hydrogen-bond acceptors (Lipinski definition) is 5. The summed E-state index contributed by atoms with van der Waals surface area (Å²) in [5.74, 6) is 0.753. The zero-order valence-electron chi connectivity index (χ0n) is 17.5. The van der Waals surface area contributed by atoms with Crippen molar-refractivity contribution >= 4 is 22.4 Å². The van der Waals surface area contributed by atoms with Crippen LogP contribution in [0.4, 0.5) is 5.69 Å². The number of nitrogens with zero attached hydrogens (tertiary/aromatic N) is 3. The summed E-state index contributed by atoms with van der Waals surface area (Å²) in [4.78, 5) is 29.3. The van der Waals surface area contributed by atoms with Crippen molar-refractivity contribution in [2.24, 2.45) is 0 Å². The van der Waals surface area contributed by atoms with E-state index in [1.54, 1.807) is 24.3 Å². The molecule has 0 bridgehead atoms. The Kier molecular flexibility index (Phi) is 5.49. The highest BCUT2D eigenvalue weighted by molar-refractivity contribution is 5.90. The molecule has 0 saturated heterocycles. The van der Waals surface area contributed by atoms with Gasteiger partial charge in [0.1, 0.15) is 12.3 Å². The summed E-state index contributed by atoms with van der Waals surface area (Å²) in [6.07, 6.45) is 1.51. The Morgan fingerprint density at radius 3 is 2.48 bits per heavy atom. The van der Waals surface area contributed by atoms with Gasteiger partial charge in [-0.05, 0) is 56.2 Å². The van der Waals surface area contributed by atoms with Crippen LogP contribution in [-0.2, 0) is 11.3 Å². The average molecular weight is 414 g/mol. The van der Waals surface area contributed by atoms with Gasteiger partial charge in [0, 0.05) is 11.5 Å². The number of amides is 1. The van der Waals surface area contributed by atoms with Gasteiger partial charge in [-0.25, -0.2) is 9.67 Å². The van der Waals surface area contributed by atoms with E-state index >= 15 is 0 Å². The second kappa shape index (κ2) is 8.39. The maximum atomic E-state index is 12.6. The summed E-state index contributed by atoms with van der Waals surface area (Å²) in [5, 5.41) is 8.32. The van der Waals surface area contributed by atoms with E-state index in [9.17, 15) is 9.59 Å². The number of benzene rings is 2. The molecule has 7 nitrogen and oxygen atoms in total. The number of carbonyl (C=O) groups excluding carboxylic acids is 1. The topological polar surface area (TPSA) is 86.1 Å². The quantitative estimate of drug-likeness (QED) is 0.530. The molecule has 31 heavy (non-hydrogen) atoms. The van der Waals surface area contributed by atoms with Crippen LogP contribution in [0, 0.1) is 20.8 Å². The standard InChI is InChI=1S/C24H22N4O3/c1-15-8-10-19(12-16(15)2)31-23-11-9-18(13-25-23)26-22(29)14-28-24(30)21-7-5-4-6-20(21)17(3)27-28/h4-13H,14H2,1-3H3,(H,26,29). The van der Waals surface area contributed by atoms with Crippen molar-refractivity contribution in [3.63, 3.8) is 0 Å². The van der Waals surface area contributed by atoms with Gasteiger partial charge < -0.3 is 10.1 Å². The van der Waals surface area contributed by atoms with Crippen LogP contribution in [0.5, 0.6) is 11.6 Å². The van der Waals surface area contributed by atoms with Gasteiger partial charge in [0.15, 0.2) is 0 Å². The number of rotatable bonds is 5. The van der Waals surface area contributed by atoms with Crippen molar-refractivity contribution in [2.45, 2.75) is 27.3 Å². The number of pyridine rings is 1. The molecule has 0 aliphatic rings. The Morgan fingerprint density at radius 1 is 1.00 bits per heavy atom. The molecule has 2 aromatic heterocycles. The molecule has 0 atom stereocenters. The van der Waals surface area contributed by atoms with Gasteiger partial charge in [0.05, 0.1) is 23.0 Å². The summed E-state index contributed by atoms with van der Waals surface area (Å²) in [5.41, 5.74) is 3.22. The van der Waals surface area contributed by atoms with E-state index in [1.807, 2.05) is 51.1 Å². The molecule has 0 unspecified atom stereocenters. The largest absolute Gasteiger partial charge is 0.439 e. The summed E-state index contributed by atoms with van der Waals surface area (Å²) >= 11 is 0. The molecule has 156 valence electrons. The van der Waals surface area contributed by atoms with E-state index < -0.39 is 0 Å². The van der Waals surface area contributed by atoms with E-state index in [1.165, 1.54) is 16.4 Å². The zero-order valence-corrected chi connectivity index (χ0v) is 17.5. The van der Waals surface area contributed by atoms with Crippen LogP contribution in [0.3, 0.4) is 0 Å². The molecule has 0 aliphatic heterocycles. The molecular formula is C24H22N4O3. The van der Waals surface area contributed by atoms with Crippen LogP contribution < -0.4 is 15.6 Å². The van der Waals surface area contributed by atoms with Crippen LogP contribution in [0.1, 0.15) is 16.8 Å². The van der Waals surface area contributed by atoms with Crippen LogP contribution in [0.25, 0.3) is 10.8 Å². The van der Waals surface area contributed by atoms with E-state index in [-0.39, 0.29) is 18.0 Å². The molecule has 0 spiro atoms. The first-order chi connectivity index (χ1) is 14.9. The normalized spacial score (nSPS) is 10.8. The van der Waals surface area contributed by atoms with E-state index in [4.69, 9.17) is 4.74 Å². The highest BCUT2D eigenvalue weighted by atomic mass is 16.5. The van der Waals surface area contributed by atoms with Crippen molar-refractivity contribution in [1.29, 1.82) is 0 Å². The smallest absolute Gasteiger partial charge is 0.275 e. The lowest BCUT2D eigenvalue weighted by Gasteiger charge is -2.10. The Hall–Kier alpha value is -4.00. The first kappa shape index (κ1) is 20.3. The van der Waals surface area contributed by atoms with Crippen LogP contribution in [0.15, 0.2) is 65.6 Å². The maximum Gasteiger partial charge on any atom is 0.275 e. The fourth-order valence-electron chi connectivity index (χ4n) is 3.26. The third-order valence-electron chi connectivity index (χ3n) is 5.07. The Balaban J connectivity index is 1.44. The molecule has 0 saturated carbocycles. The van der Waals surface area contributed by atoms with E-state index in [0.717, 1.165) is 10.9 Å². The molecule has 4 aromatic rings. The number of fused-ring (bicyclic) bond motifs is 1. The first-order valence-corrected chi connectivity index (χ1v) is 9.88. The summed E-state index contributed by atoms with van der Waals surface area (Å²) in [6, 6.07) is 16.4. The highest BCUT2D eigenvalue weighted by Gasteiger charge is 2.11. The first-order valence-electron chi connectivity index (χ1n) is 9.88. The monoisotopic (exact) mass is 414 g/mol. The number of aryl methyl sites for hydroxylation is 3. The molecule has 1 N–H and O–H groups in total. The minimum Gasteiger partial charge on any atom is -0.439 e. The number of ether oxygens (including phenoxy) is 1. The predicted molar refractivity (Wildman–Crippen MR) is 120 cm³/mol.